The van der Waals surface area contributed by atoms with E-state index in [1.54, 1.807) is 0 Å². The van der Waals surface area contributed by atoms with Crippen LogP contribution in [0.4, 0.5) is 13.2 Å². The SMILES string of the molecule is CC(=O)c1cc(OCc2cccc(C(F)(F)F)c2)ccc1O. The van der Waals surface area contributed by atoms with Crippen LogP contribution in [0.2, 0.25) is 0 Å². The third-order valence-electron chi connectivity index (χ3n) is 3.01. The highest BCUT2D eigenvalue weighted by atomic mass is 19.4. The molecule has 0 saturated carbocycles. The van der Waals surface area contributed by atoms with Crippen molar-refractivity contribution in [3.8, 4) is 11.5 Å². The molecule has 0 aliphatic rings. The fourth-order valence-electron chi connectivity index (χ4n) is 1.89. The molecular formula is C16H13F3O3. The Hall–Kier alpha value is -2.50. The fourth-order valence-corrected chi connectivity index (χ4v) is 1.89. The lowest BCUT2D eigenvalue weighted by atomic mass is 10.1. The highest BCUT2D eigenvalue weighted by Gasteiger charge is 2.30. The van der Waals surface area contributed by atoms with Crippen LogP contribution in [-0.4, -0.2) is 10.9 Å². The van der Waals surface area contributed by atoms with Crippen LogP contribution in [0.25, 0.3) is 0 Å². The Morgan fingerprint density at radius 2 is 1.91 bits per heavy atom. The standard InChI is InChI=1S/C16H13F3O3/c1-10(20)14-8-13(5-6-15(14)21)22-9-11-3-2-4-12(7-11)16(17,18)19/h2-8,21H,9H2,1H3. The van der Waals surface area contributed by atoms with Gasteiger partial charge in [-0.25, -0.2) is 0 Å². The molecule has 3 nitrogen and oxygen atoms in total. The van der Waals surface area contributed by atoms with Crippen molar-refractivity contribution in [1.29, 1.82) is 0 Å². The van der Waals surface area contributed by atoms with E-state index in [2.05, 4.69) is 0 Å². The molecule has 0 aromatic heterocycles. The molecule has 0 atom stereocenters. The molecule has 2 aromatic carbocycles. The van der Waals surface area contributed by atoms with Crippen molar-refractivity contribution in [2.24, 2.45) is 0 Å². The molecule has 2 aromatic rings. The number of rotatable bonds is 4. The molecule has 22 heavy (non-hydrogen) atoms. The number of hydrogen-bond donors (Lipinski definition) is 1. The van der Waals surface area contributed by atoms with Gasteiger partial charge in [-0.05, 0) is 42.8 Å². The zero-order valence-corrected chi connectivity index (χ0v) is 11.6. The van der Waals surface area contributed by atoms with Gasteiger partial charge >= 0.3 is 6.18 Å². The first kappa shape index (κ1) is 15.9. The van der Waals surface area contributed by atoms with E-state index in [4.69, 9.17) is 4.74 Å². The van der Waals surface area contributed by atoms with Crippen molar-refractivity contribution in [3.63, 3.8) is 0 Å². The number of carbonyl (C=O) groups excluding carboxylic acids is 1. The third kappa shape index (κ3) is 3.78. The predicted octanol–water partition coefficient (Wildman–Crippen LogP) is 4.19. The van der Waals surface area contributed by atoms with E-state index in [0.717, 1.165) is 12.1 Å². The minimum absolute atomic E-state index is 0.0773. The largest absolute Gasteiger partial charge is 0.507 e. The zero-order chi connectivity index (χ0) is 16.3. The second kappa shape index (κ2) is 6.09. The lowest BCUT2D eigenvalue weighted by molar-refractivity contribution is -0.137. The van der Waals surface area contributed by atoms with Crippen LogP contribution < -0.4 is 4.74 Å². The molecular weight excluding hydrogens is 297 g/mol. The Balaban J connectivity index is 2.14. The van der Waals surface area contributed by atoms with Crippen molar-refractivity contribution < 1.29 is 27.8 Å². The number of ether oxygens (including phenoxy) is 1. The van der Waals surface area contributed by atoms with E-state index >= 15 is 0 Å². The molecule has 0 aliphatic heterocycles. The lowest BCUT2D eigenvalue weighted by Gasteiger charge is -2.11. The molecule has 0 bridgehead atoms. The first-order valence-electron chi connectivity index (χ1n) is 6.40. The van der Waals surface area contributed by atoms with Crippen molar-refractivity contribution in [2.75, 3.05) is 0 Å². The van der Waals surface area contributed by atoms with Crippen molar-refractivity contribution in [3.05, 3.63) is 59.2 Å². The Labute approximate surface area is 125 Å². The van der Waals surface area contributed by atoms with Gasteiger partial charge in [0.15, 0.2) is 5.78 Å². The van der Waals surface area contributed by atoms with Crippen LogP contribution in [-0.2, 0) is 12.8 Å². The van der Waals surface area contributed by atoms with Gasteiger partial charge in [-0.1, -0.05) is 12.1 Å². The monoisotopic (exact) mass is 310 g/mol. The maximum absolute atomic E-state index is 12.6. The van der Waals surface area contributed by atoms with Crippen LogP contribution in [0.3, 0.4) is 0 Å². The maximum atomic E-state index is 12.6. The molecule has 0 unspecified atom stereocenters. The summed E-state index contributed by atoms with van der Waals surface area (Å²) in [4.78, 5) is 11.3. The molecule has 0 fully saturated rings. The number of benzene rings is 2. The molecule has 0 spiro atoms. The van der Waals surface area contributed by atoms with Gasteiger partial charge in [-0.2, -0.15) is 13.2 Å². The van der Waals surface area contributed by atoms with Crippen LogP contribution in [0.5, 0.6) is 11.5 Å². The summed E-state index contributed by atoms with van der Waals surface area (Å²) in [7, 11) is 0. The first-order chi connectivity index (χ1) is 10.3. The number of ketones is 1. The van der Waals surface area contributed by atoms with Gasteiger partial charge in [0, 0.05) is 0 Å². The Bertz CT molecular complexity index is 693. The minimum Gasteiger partial charge on any atom is -0.507 e. The smallest absolute Gasteiger partial charge is 0.416 e. The second-order valence-electron chi connectivity index (χ2n) is 4.72. The molecule has 0 heterocycles. The lowest BCUT2D eigenvalue weighted by Crippen LogP contribution is -2.06. The Kier molecular flexibility index (Phi) is 4.40. The molecule has 0 saturated heterocycles. The number of halogens is 3. The van der Waals surface area contributed by atoms with Gasteiger partial charge in [0.05, 0.1) is 11.1 Å². The highest BCUT2D eigenvalue weighted by Crippen LogP contribution is 2.30. The summed E-state index contributed by atoms with van der Waals surface area (Å²) >= 11 is 0. The van der Waals surface area contributed by atoms with Gasteiger partial charge in [-0.3, -0.25) is 4.79 Å². The Morgan fingerprint density at radius 1 is 1.18 bits per heavy atom. The summed E-state index contributed by atoms with van der Waals surface area (Å²) in [5, 5.41) is 9.52. The molecule has 0 aliphatic carbocycles. The van der Waals surface area contributed by atoms with E-state index in [0.29, 0.717) is 11.3 Å². The number of alkyl halides is 3. The van der Waals surface area contributed by atoms with Crippen LogP contribution in [0.15, 0.2) is 42.5 Å². The van der Waals surface area contributed by atoms with Gasteiger partial charge in [0.25, 0.3) is 0 Å². The quantitative estimate of drug-likeness (QED) is 0.861. The van der Waals surface area contributed by atoms with Crippen molar-refractivity contribution in [2.45, 2.75) is 19.7 Å². The first-order valence-corrected chi connectivity index (χ1v) is 6.40. The van der Waals surface area contributed by atoms with E-state index < -0.39 is 11.7 Å². The number of carbonyl (C=O) groups is 1. The van der Waals surface area contributed by atoms with E-state index in [-0.39, 0.29) is 23.7 Å². The molecule has 1 N–H and O–H groups in total. The van der Waals surface area contributed by atoms with Gasteiger partial charge < -0.3 is 9.84 Å². The molecule has 116 valence electrons. The summed E-state index contributed by atoms with van der Waals surface area (Å²) in [6, 6.07) is 8.91. The van der Waals surface area contributed by atoms with Crippen LogP contribution in [0.1, 0.15) is 28.4 Å². The second-order valence-corrected chi connectivity index (χ2v) is 4.72. The van der Waals surface area contributed by atoms with Crippen LogP contribution >= 0.6 is 0 Å². The Morgan fingerprint density at radius 3 is 2.55 bits per heavy atom. The highest BCUT2D eigenvalue weighted by molar-refractivity contribution is 5.97. The molecule has 0 radical (unpaired) electrons. The molecule has 0 amide bonds. The maximum Gasteiger partial charge on any atom is 0.416 e. The van der Waals surface area contributed by atoms with Crippen molar-refractivity contribution in [1.82, 2.24) is 0 Å². The van der Waals surface area contributed by atoms with E-state index in [1.165, 1.54) is 37.3 Å². The summed E-state index contributed by atoms with van der Waals surface area (Å²) in [5.41, 5.74) is -0.294. The topological polar surface area (TPSA) is 46.5 Å². The van der Waals surface area contributed by atoms with E-state index in [1.807, 2.05) is 0 Å². The summed E-state index contributed by atoms with van der Waals surface area (Å²) in [6.45, 7) is 1.22. The van der Waals surface area contributed by atoms with E-state index in [9.17, 15) is 23.1 Å². The van der Waals surface area contributed by atoms with Gasteiger partial charge in [0.1, 0.15) is 18.1 Å². The van der Waals surface area contributed by atoms with Crippen LogP contribution in [0, 0.1) is 0 Å². The van der Waals surface area contributed by atoms with Crippen molar-refractivity contribution >= 4 is 5.78 Å². The normalized spacial score (nSPS) is 11.3. The minimum atomic E-state index is -4.41. The number of hydrogen-bond acceptors (Lipinski definition) is 3. The zero-order valence-electron chi connectivity index (χ0n) is 11.6. The summed E-state index contributed by atoms with van der Waals surface area (Å²) in [5.74, 6) is -0.207. The average molecular weight is 310 g/mol. The third-order valence-corrected chi connectivity index (χ3v) is 3.01. The number of Topliss-reactive ketones (excluding diaryl/α,β-unsaturated/α-hetero) is 1. The molecule has 2 rings (SSSR count). The summed E-state index contributed by atoms with van der Waals surface area (Å²) in [6.07, 6.45) is -4.41. The number of phenolic OH excluding ortho intramolecular Hbond substituents is 1. The van der Waals surface area contributed by atoms with Gasteiger partial charge in [-0.15, -0.1) is 0 Å². The summed E-state index contributed by atoms with van der Waals surface area (Å²) < 4.78 is 43.2. The van der Waals surface area contributed by atoms with Gasteiger partial charge in [0.2, 0.25) is 0 Å². The fraction of sp³-hybridized carbons (Fsp3) is 0.188. The number of phenols is 1. The number of aromatic hydroxyl groups is 1. The average Bonchev–Trinajstić information content (AvgIpc) is 2.45. The predicted molar refractivity (Wildman–Crippen MR) is 73.9 cm³/mol. The molecule has 6 heteroatoms.